The summed E-state index contributed by atoms with van der Waals surface area (Å²) >= 11 is 5.11. The lowest BCUT2D eigenvalue weighted by atomic mass is 10.1. The van der Waals surface area contributed by atoms with Gasteiger partial charge in [0.2, 0.25) is 0 Å². The number of hydrogen-bond acceptors (Lipinski definition) is 4. The molecular weight excluding hydrogens is 324 g/mol. The van der Waals surface area contributed by atoms with E-state index in [-0.39, 0.29) is 16.4 Å². The molecule has 3 rings (SSSR count). The third-order valence-corrected chi connectivity index (χ3v) is 3.67. The molecule has 0 amide bonds. The molecule has 0 aliphatic heterocycles. The number of thiocarbonyl (C=S) groups is 1. The van der Waals surface area contributed by atoms with E-state index in [2.05, 4.69) is 10.3 Å². The van der Waals surface area contributed by atoms with Gasteiger partial charge >= 0.3 is 5.63 Å². The standard InChI is InChI=1S/C18H14N2O3S/c21-16-13-8-4-5-9-15(13)23-17(22)14(16)11-20-18(24)19-10-12-6-2-1-3-7-12/h1-9,11,21H,10H2,(H,19,24)/b20-11+. The maximum atomic E-state index is 12.0. The van der Waals surface area contributed by atoms with Crippen LogP contribution in [0.15, 0.2) is 68.8 Å². The molecule has 1 aromatic heterocycles. The minimum absolute atomic E-state index is 0.0300. The summed E-state index contributed by atoms with van der Waals surface area (Å²) in [5, 5.41) is 13.9. The zero-order chi connectivity index (χ0) is 16.9. The summed E-state index contributed by atoms with van der Waals surface area (Å²) in [4.78, 5) is 16.0. The monoisotopic (exact) mass is 338 g/mol. The maximum absolute atomic E-state index is 12.0. The Morgan fingerprint density at radius 1 is 1.17 bits per heavy atom. The van der Waals surface area contributed by atoms with E-state index in [4.69, 9.17) is 16.6 Å². The SMILES string of the molecule is O=c1oc2ccccc2c(O)c1/C=N/C(=S)NCc1ccccc1. The van der Waals surface area contributed by atoms with Crippen LogP contribution in [0.25, 0.3) is 11.0 Å². The lowest BCUT2D eigenvalue weighted by Crippen LogP contribution is -2.19. The number of benzene rings is 2. The van der Waals surface area contributed by atoms with E-state index in [1.807, 2.05) is 30.3 Å². The van der Waals surface area contributed by atoms with Gasteiger partial charge in [0, 0.05) is 12.8 Å². The Morgan fingerprint density at radius 3 is 2.67 bits per heavy atom. The highest BCUT2D eigenvalue weighted by Gasteiger charge is 2.11. The molecule has 0 aliphatic rings. The molecule has 0 radical (unpaired) electrons. The summed E-state index contributed by atoms with van der Waals surface area (Å²) in [6.45, 7) is 0.523. The molecule has 0 saturated carbocycles. The molecule has 0 atom stereocenters. The summed E-state index contributed by atoms with van der Waals surface area (Å²) in [6, 6.07) is 16.5. The van der Waals surface area contributed by atoms with Crippen LogP contribution in [0, 0.1) is 0 Å². The van der Waals surface area contributed by atoms with Crippen molar-refractivity contribution >= 4 is 34.5 Å². The molecule has 0 unspecified atom stereocenters. The average molecular weight is 338 g/mol. The van der Waals surface area contributed by atoms with Crippen LogP contribution in [0.2, 0.25) is 0 Å². The second-order valence-corrected chi connectivity index (χ2v) is 5.44. The molecule has 0 saturated heterocycles. The number of nitrogens with zero attached hydrogens (tertiary/aromatic N) is 1. The highest BCUT2D eigenvalue weighted by atomic mass is 32.1. The highest BCUT2D eigenvalue weighted by Crippen LogP contribution is 2.24. The van der Waals surface area contributed by atoms with Crippen molar-refractivity contribution in [2.24, 2.45) is 4.99 Å². The quantitative estimate of drug-likeness (QED) is 0.436. The third-order valence-electron chi connectivity index (χ3n) is 3.42. The van der Waals surface area contributed by atoms with E-state index in [1.54, 1.807) is 24.3 Å². The fraction of sp³-hybridized carbons (Fsp3) is 0.0556. The maximum Gasteiger partial charge on any atom is 0.348 e. The number of aliphatic imine (C=N–C) groups is 1. The molecule has 0 fully saturated rings. The van der Waals surface area contributed by atoms with Crippen LogP contribution in [0.1, 0.15) is 11.1 Å². The normalized spacial score (nSPS) is 11.0. The van der Waals surface area contributed by atoms with E-state index >= 15 is 0 Å². The Labute approximate surface area is 143 Å². The summed E-state index contributed by atoms with van der Waals surface area (Å²) in [5.41, 5.74) is 0.684. The van der Waals surface area contributed by atoms with Crippen LogP contribution >= 0.6 is 12.2 Å². The topological polar surface area (TPSA) is 74.8 Å². The number of para-hydroxylation sites is 1. The van der Waals surface area contributed by atoms with E-state index in [9.17, 15) is 9.90 Å². The van der Waals surface area contributed by atoms with E-state index in [0.717, 1.165) is 5.56 Å². The molecule has 5 nitrogen and oxygen atoms in total. The molecule has 24 heavy (non-hydrogen) atoms. The van der Waals surface area contributed by atoms with Gasteiger partial charge in [-0.1, -0.05) is 42.5 Å². The van der Waals surface area contributed by atoms with Gasteiger partial charge < -0.3 is 14.8 Å². The van der Waals surface area contributed by atoms with Crippen molar-refractivity contribution in [2.75, 3.05) is 0 Å². The van der Waals surface area contributed by atoms with Crippen LogP contribution < -0.4 is 10.9 Å². The summed E-state index contributed by atoms with van der Waals surface area (Å²) in [5.74, 6) is -0.170. The number of rotatable bonds is 3. The van der Waals surface area contributed by atoms with E-state index in [1.165, 1.54) is 6.21 Å². The van der Waals surface area contributed by atoms with Crippen LogP contribution in [0.5, 0.6) is 5.75 Å². The Morgan fingerprint density at radius 2 is 1.88 bits per heavy atom. The second kappa shape index (κ2) is 7.06. The number of hydrogen-bond donors (Lipinski definition) is 2. The van der Waals surface area contributed by atoms with Gasteiger partial charge in [-0.15, -0.1) is 0 Å². The molecule has 0 bridgehead atoms. The minimum atomic E-state index is -0.666. The molecule has 2 N–H and O–H groups in total. The Balaban J connectivity index is 1.78. The van der Waals surface area contributed by atoms with Crippen LogP contribution in [-0.2, 0) is 6.54 Å². The van der Waals surface area contributed by atoms with Crippen molar-refractivity contribution in [1.29, 1.82) is 0 Å². The molecule has 120 valence electrons. The summed E-state index contributed by atoms with van der Waals surface area (Å²) in [6.07, 6.45) is 1.22. The molecule has 1 heterocycles. The average Bonchev–Trinajstić information content (AvgIpc) is 2.60. The molecule has 6 heteroatoms. The summed E-state index contributed by atoms with van der Waals surface area (Å²) in [7, 11) is 0. The molecule has 0 spiro atoms. The van der Waals surface area contributed by atoms with Crippen LogP contribution in [0.4, 0.5) is 0 Å². The highest BCUT2D eigenvalue weighted by molar-refractivity contribution is 7.80. The predicted molar refractivity (Wildman–Crippen MR) is 97.6 cm³/mol. The second-order valence-electron chi connectivity index (χ2n) is 5.05. The van der Waals surface area contributed by atoms with Gasteiger partial charge in [0.15, 0.2) is 5.11 Å². The van der Waals surface area contributed by atoms with E-state index in [0.29, 0.717) is 17.5 Å². The zero-order valence-corrected chi connectivity index (χ0v) is 13.4. The van der Waals surface area contributed by atoms with Crippen LogP contribution in [-0.4, -0.2) is 16.4 Å². The Kier molecular flexibility index (Phi) is 4.67. The van der Waals surface area contributed by atoms with Crippen molar-refractivity contribution in [3.05, 3.63) is 76.1 Å². The Hall–Kier alpha value is -2.99. The molecule has 0 aliphatic carbocycles. The Bertz CT molecular complexity index is 965. The van der Waals surface area contributed by atoms with Crippen molar-refractivity contribution in [1.82, 2.24) is 5.32 Å². The van der Waals surface area contributed by atoms with Crippen molar-refractivity contribution in [2.45, 2.75) is 6.54 Å². The lowest BCUT2D eigenvalue weighted by molar-refractivity contribution is 0.466. The third kappa shape index (κ3) is 3.49. The molecule has 3 aromatic rings. The minimum Gasteiger partial charge on any atom is -0.506 e. The van der Waals surface area contributed by atoms with Gasteiger partial charge in [-0.25, -0.2) is 9.79 Å². The van der Waals surface area contributed by atoms with Crippen molar-refractivity contribution in [3.63, 3.8) is 0 Å². The first-order valence-electron chi connectivity index (χ1n) is 7.26. The van der Waals surface area contributed by atoms with Crippen LogP contribution in [0.3, 0.4) is 0 Å². The van der Waals surface area contributed by atoms with Gasteiger partial charge in [-0.2, -0.15) is 0 Å². The first-order chi connectivity index (χ1) is 11.6. The number of fused-ring (bicyclic) bond motifs is 1. The molecular formula is C18H14N2O3S. The smallest absolute Gasteiger partial charge is 0.348 e. The van der Waals surface area contributed by atoms with Gasteiger partial charge in [-0.05, 0) is 29.9 Å². The fourth-order valence-corrected chi connectivity index (χ4v) is 2.33. The zero-order valence-electron chi connectivity index (χ0n) is 12.6. The number of nitrogens with one attached hydrogen (secondary N) is 1. The van der Waals surface area contributed by atoms with Gasteiger partial charge in [0.25, 0.3) is 0 Å². The van der Waals surface area contributed by atoms with Gasteiger partial charge in [0.05, 0.1) is 5.39 Å². The van der Waals surface area contributed by atoms with Crippen molar-refractivity contribution in [3.8, 4) is 5.75 Å². The van der Waals surface area contributed by atoms with Gasteiger partial charge in [-0.3, -0.25) is 0 Å². The van der Waals surface area contributed by atoms with E-state index < -0.39 is 5.63 Å². The first-order valence-corrected chi connectivity index (χ1v) is 7.66. The summed E-state index contributed by atoms with van der Waals surface area (Å²) < 4.78 is 5.16. The molecule has 2 aromatic carbocycles. The predicted octanol–water partition coefficient (Wildman–Crippen LogP) is 2.99. The van der Waals surface area contributed by atoms with Gasteiger partial charge in [0.1, 0.15) is 16.9 Å². The number of aromatic hydroxyl groups is 1. The fourth-order valence-electron chi connectivity index (χ4n) is 2.20. The largest absolute Gasteiger partial charge is 0.506 e. The lowest BCUT2D eigenvalue weighted by Gasteiger charge is -2.04. The van der Waals surface area contributed by atoms with Crippen molar-refractivity contribution < 1.29 is 9.52 Å². The first kappa shape index (κ1) is 15.9.